The molecule has 2 aliphatic heterocycles. The van der Waals surface area contributed by atoms with Gasteiger partial charge in [0.25, 0.3) is 0 Å². The normalized spacial score (nSPS) is 21.9. The van der Waals surface area contributed by atoms with Crippen molar-refractivity contribution in [2.75, 3.05) is 37.7 Å². The van der Waals surface area contributed by atoms with E-state index in [2.05, 4.69) is 21.3 Å². The lowest BCUT2D eigenvalue weighted by atomic mass is 10.1. The van der Waals surface area contributed by atoms with Crippen LogP contribution in [-0.4, -0.2) is 70.3 Å². The number of anilines is 1. The van der Waals surface area contributed by atoms with Crippen LogP contribution in [-0.2, 0) is 4.79 Å². The fourth-order valence-corrected chi connectivity index (χ4v) is 5.30. The summed E-state index contributed by atoms with van der Waals surface area (Å²) >= 11 is 5.93. The zero-order valence-corrected chi connectivity index (χ0v) is 19.9. The number of hydrogen-bond donors (Lipinski definition) is 2. The summed E-state index contributed by atoms with van der Waals surface area (Å²) in [7, 11) is 0. The number of aliphatic hydroxyl groups excluding tert-OH is 1. The first-order chi connectivity index (χ1) is 16.5. The summed E-state index contributed by atoms with van der Waals surface area (Å²) in [6, 6.07) is 10.1. The highest BCUT2D eigenvalue weighted by atomic mass is 35.5. The molecular weight excluding hydrogens is 457 g/mol. The van der Waals surface area contributed by atoms with Crippen LogP contribution in [0.1, 0.15) is 31.4 Å². The first kappa shape index (κ1) is 23.1. The van der Waals surface area contributed by atoms with Gasteiger partial charge in [0.1, 0.15) is 5.82 Å². The third kappa shape index (κ3) is 4.26. The van der Waals surface area contributed by atoms with E-state index in [1.54, 1.807) is 18.5 Å². The third-order valence-corrected chi connectivity index (χ3v) is 7.32. The molecule has 3 aromatic rings. The maximum absolute atomic E-state index is 14.6. The van der Waals surface area contributed by atoms with Crippen molar-refractivity contribution in [1.82, 2.24) is 19.8 Å². The monoisotopic (exact) mass is 485 g/mol. The van der Waals surface area contributed by atoms with E-state index < -0.39 is 0 Å². The summed E-state index contributed by atoms with van der Waals surface area (Å²) in [5, 5.41) is 13.7. The first-order valence-electron chi connectivity index (χ1n) is 11.8. The third-order valence-electron chi connectivity index (χ3n) is 7.09. The van der Waals surface area contributed by atoms with Crippen LogP contribution in [0.25, 0.3) is 11.0 Å². The van der Waals surface area contributed by atoms with Crippen molar-refractivity contribution in [2.24, 2.45) is 0 Å². The number of nitrogens with zero attached hydrogens (tertiary/aromatic N) is 4. The van der Waals surface area contributed by atoms with Crippen LogP contribution >= 0.6 is 11.6 Å². The van der Waals surface area contributed by atoms with Crippen LogP contribution < -0.4 is 10.2 Å². The maximum Gasteiger partial charge on any atom is 0.240 e. The number of aliphatic hydroxyl groups is 1. The van der Waals surface area contributed by atoms with Gasteiger partial charge in [0, 0.05) is 35.9 Å². The fraction of sp³-hybridized carbons (Fsp3) is 0.440. The molecule has 7 nitrogen and oxygen atoms in total. The van der Waals surface area contributed by atoms with E-state index in [1.807, 2.05) is 28.5 Å². The van der Waals surface area contributed by atoms with E-state index >= 15 is 0 Å². The Balaban J connectivity index is 1.39. The molecule has 2 aromatic carbocycles. The standard InChI is InChI=1S/C25H29ClFN5O2/c1-16(20-6-4-17(26)11-21(20)27)32-15-29-22-7-5-18(12-24(22)32)30-9-10-31(19(13-30)14-33)25(34)23-3-2-8-28-23/h4-7,11-12,15-16,19,23,28,33H,2-3,8-10,13-14H2,1H3/t16-,19+,23-/m1/s1. The van der Waals surface area contributed by atoms with Gasteiger partial charge in [-0.15, -0.1) is 0 Å². The Morgan fingerprint density at radius 1 is 1.29 bits per heavy atom. The Hall–Kier alpha value is -2.68. The molecule has 0 radical (unpaired) electrons. The van der Waals surface area contributed by atoms with Crippen LogP contribution in [0.4, 0.5) is 10.1 Å². The van der Waals surface area contributed by atoms with Gasteiger partial charge < -0.3 is 24.8 Å². The molecule has 0 unspecified atom stereocenters. The van der Waals surface area contributed by atoms with Gasteiger partial charge in [-0.25, -0.2) is 9.37 Å². The molecular formula is C25H29ClFN5O2. The first-order valence-corrected chi connectivity index (χ1v) is 12.1. The second kappa shape index (κ2) is 9.52. The van der Waals surface area contributed by atoms with Crippen molar-refractivity contribution >= 4 is 34.2 Å². The molecule has 2 aliphatic rings. The van der Waals surface area contributed by atoms with Crippen molar-refractivity contribution < 1.29 is 14.3 Å². The number of imidazole rings is 1. The summed E-state index contributed by atoms with van der Waals surface area (Å²) in [6.45, 7) is 4.51. The Morgan fingerprint density at radius 3 is 2.88 bits per heavy atom. The molecule has 1 amide bonds. The van der Waals surface area contributed by atoms with Crippen molar-refractivity contribution in [3.05, 3.63) is 59.1 Å². The predicted molar refractivity (Wildman–Crippen MR) is 131 cm³/mol. The van der Waals surface area contributed by atoms with Crippen LogP contribution in [0.3, 0.4) is 0 Å². The average molecular weight is 486 g/mol. The number of hydrogen-bond acceptors (Lipinski definition) is 5. The summed E-state index contributed by atoms with van der Waals surface area (Å²) in [6.07, 6.45) is 3.59. The lowest BCUT2D eigenvalue weighted by molar-refractivity contribution is -0.136. The zero-order valence-electron chi connectivity index (χ0n) is 19.1. The van der Waals surface area contributed by atoms with Crippen LogP contribution in [0.5, 0.6) is 0 Å². The van der Waals surface area contributed by atoms with E-state index in [1.165, 1.54) is 6.07 Å². The number of aromatic nitrogens is 2. The molecule has 34 heavy (non-hydrogen) atoms. The fourth-order valence-electron chi connectivity index (χ4n) is 5.14. The second-order valence-electron chi connectivity index (χ2n) is 9.13. The number of fused-ring (bicyclic) bond motifs is 1. The predicted octanol–water partition coefficient (Wildman–Crippen LogP) is 3.20. The molecule has 0 bridgehead atoms. The molecule has 2 saturated heterocycles. The lowest BCUT2D eigenvalue weighted by Crippen LogP contribution is -2.59. The minimum Gasteiger partial charge on any atom is -0.394 e. The van der Waals surface area contributed by atoms with Gasteiger partial charge >= 0.3 is 0 Å². The van der Waals surface area contributed by atoms with Gasteiger partial charge in [-0.2, -0.15) is 0 Å². The van der Waals surface area contributed by atoms with Crippen LogP contribution in [0.15, 0.2) is 42.7 Å². The molecule has 0 saturated carbocycles. The molecule has 2 fully saturated rings. The average Bonchev–Trinajstić information content (AvgIpc) is 3.53. The minimum absolute atomic E-state index is 0.0813. The Kier molecular flexibility index (Phi) is 6.46. The molecule has 0 spiro atoms. The number of carbonyl (C=O) groups is 1. The summed E-state index contributed by atoms with van der Waals surface area (Å²) in [5.41, 5.74) is 3.25. The molecule has 9 heteroatoms. The molecule has 2 N–H and O–H groups in total. The van der Waals surface area contributed by atoms with Crippen LogP contribution in [0.2, 0.25) is 5.02 Å². The zero-order chi connectivity index (χ0) is 23.8. The number of nitrogens with one attached hydrogen (secondary N) is 1. The molecule has 0 aliphatic carbocycles. The molecule has 5 rings (SSSR count). The topological polar surface area (TPSA) is 73.6 Å². The van der Waals surface area contributed by atoms with Crippen molar-refractivity contribution in [1.29, 1.82) is 0 Å². The van der Waals surface area contributed by atoms with E-state index in [9.17, 15) is 14.3 Å². The van der Waals surface area contributed by atoms with Crippen molar-refractivity contribution in [3.8, 4) is 0 Å². The van der Waals surface area contributed by atoms with Crippen LogP contribution in [0, 0.1) is 5.82 Å². The van der Waals surface area contributed by atoms with Gasteiger partial charge in [-0.1, -0.05) is 17.7 Å². The highest BCUT2D eigenvalue weighted by Crippen LogP contribution is 2.30. The number of carbonyl (C=O) groups excluding carboxylic acids is 1. The Morgan fingerprint density at radius 2 is 2.15 bits per heavy atom. The summed E-state index contributed by atoms with van der Waals surface area (Å²) in [5.74, 6) is -0.259. The van der Waals surface area contributed by atoms with Crippen molar-refractivity contribution in [3.63, 3.8) is 0 Å². The minimum atomic E-state index is -0.346. The SMILES string of the molecule is C[C@H](c1ccc(Cl)cc1F)n1cnc2ccc(N3CCN(C(=O)[C@H]4CCCN4)[C@H](CO)C3)cc21. The maximum atomic E-state index is 14.6. The highest BCUT2D eigenvalue weighted by molar-refractivity contribution is 6.30. The van der Waals surface area contributed by atoms with Gasteiger partial charge in [-0.3, -0.25) is 4.79 Å². The quantitative estimate of drug-likeness (QED) is 0.580. The largest absolute Gasteiger partial charge is 0.394 e. The van der Waals surface area contributed by atoms with Gasteiger partial charge in [0.2, 0.25) is 5.91 Å². The number of benzene rings is 2. The highest BCUT2D eigenvalue weighted by Gasteiger charge is 2.35. The molecule has 3 atom stereocenters. The van der Waals surface area contributed by atoms with Gasteiger partial charge in [-0.05, 0) is 56.6 Å². The Labute approximate surface area is 203 Å². The van der Waals surface area contributed by atoms with E-state index in [-0.39, 0.29) is 36.5 Å². The lowest BCUT2D eigenvalue weighted by Gasteiger charge is -2.42. The summed E-state index contributed by atoms with van der Waals surface area (Å²) in [4.78, 5) is 21.5. The van der Waals surface area contributed by atoms with Gasteiger partial charge in [0.05, 0.1) is 42.1 Å². The van der Waals surface area contributed by atoms with E-state index in [0.717, 1.165) is 36.1 Å². The number of rotatable bonds is 5. The summed E-state index contributed by atoms with van der Waals surface area (Å²) < 4.78 is 16.5. The van der Waals surface area contributed by atoms with E-state index in [0.29, 0.717) is 30.2 Å². The molecule has 3 heterocycles. The Bertz CT molecular complexity index is 1200. The number of halogens is 2. The molecule has 1 aromatic heterocycles. The van der Waals surface area contributed by atoms with Gasteiger partial charge in [0.15, 0.2) is 0 Å². The number of amides is 1. The smallest absolute Gasteiger partial charge is 0.240 e. The second-order valence-corrected chi connectivity index (χ2v) is 9.57. The van der Waals surface area contributed by atoms with Crippen molar-refractivity contribution in [2.45, 2.75) is 37.9 Å². The van der Waals surface area contributed by atoms with E-state index in [4.69, 9.17) is 11.6 Å². The number of piperazine rings is 1. The molecule has 180 valence electrons.